The van der Waals surface area contributed by atoms with Crippen LogP contribution in [0.3, 0.4) is 0 Å². The number of allylic oxidation sites excluding steroid dienone is 2. The molecule has 208 valence electrons. The molecule has 11 atom stereocenters. The van der Waals surface area contributed by atoms with Gasteiger partial charge >= 0.3 is 5.97 Å². The first kappa shape index (κ1) is 26.4. The smallest absolute Gasteiger partial charge is 0.312 e. The summed E-state index contributed by atoms with van der Waals surface area (Å²) in [5.74, 6) is 2.35. The second kappa shape index (κ2) is 8.09. The third-order valence-electron chi connectivity index (χ3n) is 14.1. The van der Waals surface area contributed by atoms with Crippen molar-refractivity contribution in [1.29, 1.82) is 0 Å². The molecule has 0 aromatic heterocycles. The summed E-state index contributed by atoms with van der Waals surface area (Å²) in [5, 5.41) is 22.0. The van der Waals surface area contributed by atoms with Crippen LogP contribution in [0.4, 0.5) is 0 Å². The van der Waals surface area contributed by atoms with Gasteiger partial charge in [0.05, 0.1) is 17.6 Å². The lowest BCUT2D eigenvalue weighted by Gasteiger charge is -2.71. The molecule has 2 N–H and O–H groups in total. The Morgan fingerprint density at radius 3 is 2.30 bits per heavy atom. The Bertz CT molecular complexity index is 996. The van der Waals surface area contributed by atoms with Crippen molar-refractivity contribution in [3.8, 4) is 0 Å². The van der Waals surface area contributed by atoms with Gasteiger partial charge in [-0.1, -0.05) is 60.1 Å². The SMILES string of the molecule is C[C@H]1[C@H](C)CC[C@]2(C(=O)OC3CC3)CC[C@]3(C)C(=CC[C@@H]4[C@@]5(C)C[C@@H](O)[C@H](O)C(C)(C)[C@@H]5CC[C@]43C)[C@H]12. The number of hydrogen-bond donors (Lipinski definition) is 2. The maximum Gasteiger partial charge on any atom is 0.312 e. The molecule has 4 nitrogen and oxygen atoms in total. The number of carbonyl (C=O) groups is 1. The van der Waals surface area contributed by atoms with E-state index in [9.17, 15) is 15.0 Å². The van der Waals surface area contributed by atoms with Crippen molar-refractivity contribution in [2.24, 2.45) is 56.7 Å². The molecule has 4 heteroatoms. The highest BCUT2D eigenvalue weighted by molar-refractivity contribution is 5.79. The van der Waals surface area contributed by atoms with Crippen molar-refractivity contribution >= 4 is 5.97 Å². The van der Waals surface area contributed by atoms with Crippen LogP contribution in [-0.4, -0.2) is 34.5 Å². The van der Waals surface area contributed by atoms with Crippen molar-refractivity contribution in [3.05, 3.63) is 11.6 Å². The minimum absolute atomic E-state index is 0.00883. The zero-order valence-electron chi connectivity index (χ0n) is 24.5. The lowest BCUT2D eigenvalue weighted by molar-refractivity contribution is -0.232. The number of esters is 1. The summed E-state index contributed by atoms with van der Waals surface area (Å²) in [5.41, 5.74) is 1.09. The van der Waals surface area contributed by atoms with E-state index in [1.807, 2.05) is 0 Å². The fraction of sp³-hybridized carbons (Fsp3) is 0.909. The number of carbonyl (C=O) groups excluding carboxylic acids is 1. The molecule has 0 saturated heterocycles. The normalized spacial score (nSPS) is 54.6. The average Bonchev–Trinajstić information content (AvgIpc) is 3.64. The molecule has 6 aliphatic rings. The molecular formula is C33H52O4. The molecule has 0 heterocycles. The van der Waals surface area contributed by atoms with E-state index in [-0.39, 0.29) is 45.1 Å². The monoisotopic (exact) mass is 512 g/mol. The average molecular weight is 513 g/mol. The zero-order chi connectivity index (χ0) is 26.8. The molecular weight excluding hydrogens is 460 g/mol. The second-order valence-corrected chi connectivity index (χ2v) is 15.9. The first-order valence-electron chi connectivity index (χ1n) is 15.5. The minimum Gasteiger partial charge on any atom is -0.462 e. The van der Waals surface area contributed by atoms with Gasteiger partial charge in [0.15, 0.2) is 0 Å². The first-order valence-corrected chi connectivity index (χ1v) is 15.5. The Hall–Kier alpha value is -0.870. The molecule has 6 rings (SSSR count). The van der Waals surface area contributed by atoms with Gasteiger partial charge in [0.1, 0.15) is 6.10 Å². The van der Waals surface area contributed by atoms with E-state index in [0.717, 1.165) is 57.8 Å². The lowest BCUT2D eigenvalue weighted by Crippen LogP contribution is -2.67. The van der Waals surface area contributed by atoms with Gasteiger partial charge in [-0.05, 0) is 115 Å². The van der Waals surface area contributed by atoms with Crippen LogP contribution in [0.5, 0.6) is 0 Å². The van der Waals surface area contributed by atoms with Crippen LogP contribution in [0.2, 0.25) is 0 Å². The molecule has 0 amide bonds. The number of fused-ring (bicyclic) bond motifs is 7. The predicted octanol–water partition coefficient (Wildman–Crippen LogP) is 6.68. The largest absolute Gasteiger partial charge is 0.462 e. The number of aliphatic hydroxyl groups is 2. The molecule has 37 heavy (non-hydrogen) atoms. The summed E-state index contributed by atoms with van der Waals surface area (Å²) in [6, 6.07) is 0. The van der Waals surface area contributed by atoms with Gasteiger partial charge in [0, 0.05) is 0 Å². The maximum atomic E-state index is 13.9. The summed E-state index contributed by atoms with van der Waals surface area (Å²) >= 11 is 0. The summed E-state index contributed by atoms with van der Waals surface area (Å²) in [7, 11) is 0. The zero-order valence-corrected chi connectivity index (χ0v) is 24.5. The molecule has 0 bridgehead atoms. The molecule has 0 aromatic carbocycles. The molecule has 0 aromatic rings. The van der Waals surface area contributed by atoms with Crippen molar-refractivity contribution in [2.75, 3.05) is 0 Å². The summed E-state index contributed by atoms with van der Waals surface area (Å²) < 4.78 is 6.10. The van der Waals surface area contributed by atoms with Crippen molar-refractivity contribution in [3.63, 3.8) is 0 Å². The molecule has 5 fully saturated rings. The van der Waals surface area contributed by atoms with Crippen molar-refractivity contribution in [1.82, 2.24) is 0 Å². The summed E-state index contributed by atoms with van der Waals surface area (Å²) in [6.07, 6.45) is 11.6. The van der Waals surface area contributed by atoms with E-state index in [2.05, 4.69) is 54.5 Å². The second-order valence-electron chi connectivity index (χ2n) is 15.9. The van der Waals surface area contributed by atoms with Gasteiger partial charge in [0.2, 0.25) is 0 Å². The summed E-state index contributed by atoms with van der Waals surface area (Å²) in [6.45, 7) is 16.7. The molecule has 0 radical (unpaired) electrons. The van der Waals surface area contributed by atoms with Crippen molar-refractivity contribution in [2.45, 2.75) is 131 Å². The van der Waals surface area contributed by atoms with Gasteiger partial charge in [-0.2, -0.15) is 0 Å². The van der Waals surface area contributed by atoms with Gasteiger partial charge in [-0.25, -0.2) is 0 Å². The van der Waals surface area contributed by atoms with Crippen LogP contribution in [0.25, 0.3) is 0 Å². The highest BCUT2D eigenvalue weighted by Gasteiger charge is 2.70. The van der Waals surface area contributed by atoms with E-state index in [0.29, 0.717) is 30.1 Å². The van der Waals surface area contributed by atoms with Gasteiger partial charge in [-0.15, -0.1) is 0 Å². The number of aliphatic hydroxyl groups excluding tert-OH is 2. The predicted molar refractivity (Wildman–Crippen MR) is 145 cm³/mol. The van der Waals surface area contributed by atoms with Crippen LogP contribution in [0.15, 0.2) is 11.6 Å². The standard InChI is InChI=1S/C33H52O4/c1-19-12-15-33(28(36)37-21-8-9-21)17-16-31(6)22(26(33)20(19)2)10-11-25-30(5)18-23(34)27(35)29(3,4)24(30)13-14-32(25,31)7/h10,19-21,23-27,34-35H,8-9,11-18H2,1-7H3/t19-,20+,23-,24+,25-,26+,27+,30+,31-,32-,33+/m1/s1. The van der Waals surface area contributed by atoms with Crippen LogP contribution in [0, 0.1) is 56.7 Å². The lowest BCUT2D eigenvalue weighted by atomic mass is 9.33. The van der Waals surface area contributed by atoms with Crippen LogP contribution < -0.4 is 0 Å². The Kier molecular flexibility index (Phi) is 5.76. The van der Waals surface area contributed by atoms with E-state index < -0.39 is 12.2 Å². The summed E-state index contributed by atoms with van der Waals surface area (Å²) in [4.78, 5) is 13.9. The molecule has 6 aliphatic carbocycles. The van der Waals surface area contributed by atoms with Crippen molar-refractivity contribution < 1.29 is 19.7 Å². The third-order valence-corrected chi connectivity index (χ3v) is 14.1. The Morgan fingerprint density at radius 2 is 1.62 bits per heavy atom. The maximum absolute atomic E-state index is 13.9. The highest BCUT2D eigenvalue weighted by atomic mass is 16.5. The fourth-order valence-corrected chi connectivity index (χ4v) is 11.4. The first-order chi connectivity index (χ1) is 17.2. The van der Waals surface area contributed by atoms with E-state index in [1.165, 1.54) is 0 Å². The quantitative estimate of drug-likeness (QED) is 0.320. The molecule has 0 spiro atoms. The van der Waals surface area contributed by atoms with Crippen LogP contribution in [-0.2, 0) is 9.53 Å². The highest BCUT2D eigenvalue weighted by Crippen LogP contribution is 2.75. The fourth-order valence-electron chi connectivity index (χ4n) is 11.4. The number of rotatable bonds is 2. The van der Waals surface area contributed by atoms with E-state index in [4.69, 9.17) is 4.74 Å². The molecule has 0 aliphatic heterocycles. The van der Waals surface area contributed by atoms with Gasteiger partial charge in [-0.3, -0.25) is 4.79 Å². The minimum atomic E-state index is -0.660. The molecule has 0 unspecified atom stereocenters. The van der Waals surface area contributed by atoms with Gasteiger partial charge in [0.25, 0.3) is 0 Å². The molecule has 5 saturated carbocycles. The van der Waals surface area contributed by atoms with Gasteiger partial charge < -0.3 is 14.9 Å². The van der Waals surface area contributed by atoms with E-state index in [1.54, 1.807) is 5.57 Å². The van der Waals surface area contributed by atoms with Crippen LogP contribution >= 0.6 is 0 Å². The van der Waals surface area contributed by atoms with Crippen LogP contribution in [0.1, 0.15) is 113 Å². The number of ether oxygens (including phenoxy) is 1. The third kappa shape index (κ3) is 3.30. The number of hydrogen-bond acceptors (Lipinski definition) is 4. The Balaban J connectivity index is 1.43. The van der Waals surface area contributed by atoms with E-state index >= 15 is 0 Å². The Labute approximate surface area is 225 Å². The topological polar surface area (TPSA) is 66.8 Å². The Morgan fingerprint density at radius 1 is 0.919 bits per heavy atom.